The molecule has 0 amide bonds. The fourth-order valence-corrected chi connectivity index (χ4v) is 3.81. The van der Waals surface area contributed by atoms with E-state index < -0.39 is 0 Å². The largest absolute Gasteiger partial charge is 0.488 e. The molecule has 0 radical (unpaired) electrons. The van der Waals surface area contributed by atoms with E-state index in [1.54, 1.807) is 22.9 Å². The molecule has 0 bridgehead atoms. The topological polar surface area (TPSA) is 57.3 Å². The summed E-state index contributed by atoms with van der Waals surface area (Å²) in [5.41, 5.74) is 3.90. The lowest BCUT2D eigenvalue weighted by atomic mass is 10.1. The van der Waals surface area contributed by atoms with Crippen LogP contribution in [-0.4, -0.2) is 9.78 Å². The Bertz CT molecular complexity index is 1470. The van der Waals surface area contributed by atoms with Gasteiger partial charge in [0.1, 0.15) is 24.2 Å². The molecule has 2 aromatic heterocycles. The molecule has 5 nitrogen and oxygen atoms in total. The lowest BCUT2D eigenvalue weighted by molar-refractivity contribution is 0.304. The van der Waals surface area contributed by atoms with Gasteiger partial charge in [-0.25, -0.2) is 4.68 Å². The van der Waals surface area contributed by atoms with Crippen molar-refractivity contribution in [2.45, 2.75) is 13.5 Å². The van der Waals surface area contributed by atoms with Gasteiger partial charge >= 0.3 is 0 Å². The Morgan fingerprint density at radius 2 is 1.78 bits per heavy atom. The average molecular weight is 443 g/mol. The molecule has 0 unspecified atom stereocenters. The van der Waals surface area contributed by atoms with Gasteiger partial charge in [0.2, 0.25) is 5.43 Å². The van der Waals surface area contributed by atoms with E-state index in [2.05, 4.69) is 5.10 Å². The van der Waals surface area contributed by atoms with E-state index in [1.165, 1.54) is 6.26 Å². The van der Waals surface area contributed by atoms with E-state index >= 15 is 0 Å². The Balaban J connectivity index is 1.47. The second-order valence-electron chi connectivity index (χ2n) is 7.41. The van der Waals surface area contributed by atoms with Crippen molar-refractivity contribution < 1.29 is 9.15 Å². The zero-order chi connectivity index (χ0) is 22.1. The molecule has 6 heteroatoms. The van der Waals surface area contributed by atoms with Crippen molar-refractivity contribution in [3.05, 3.63) is 112 Å². The van der Waals surface area contributed by atoms with Crippen molar-refractivity contribution in [1.82, 2.24) is 9.78 Å². The van der Waals surface area contributed by atoms with Gasteiger partial charge in [-0.3, -0.25) is 4.79 Å². The van der Waals surface area contributed by atoms with Crippen LogP contribution in [0.1, 0.15) is 11.1 Å². The number of para-hydroxylation sites is 1. The summed E-state index contributed by atoms with van der Waals surface area (Å²) >= 11 is 6.22. The SMILES string of the molecule is Cc1c(OCc2ccccc2Cl)ccc2c(=O)c(-c3ccn(-c4ccccc4)n3)coc12. The number of hydrogen-bond donors (Lipinski definition) is 0. The lowest BCUT2D eigenvalue weighted by Gasteiger charge is -2.12. The third-order valence-electron chi connectivity index (χ3n) is 5.37. The number of nitrogens with zero attached hydrogens (tertiary/aromatic N) is 2. The van der Waals surface area contributed by atoms with Gasteiger partial charge in [0.15, 0.2) is 0 Å². The Labute approximate surface area is 189 Å². The predicted molar refractivity (Wildman–Crippen MR) is 126 cm³/mol. The Morgan fingerprint density at radius 3 is 2.59 bits per heavy atom. The van der Waals surface area contributed by atoms with Crippen LogP contribution in [0.15, 0.2) is 94.5 Å². The molecule has 0 saturated heterocycles. The highest BCUT2D eigenvalue weighted by Crippen LogP contribution is 2.29. The highest BCUT2D eigenvalue weighted by molar-refractivity contribution is 6.31. The maximum atomic E-state index is 13.2. The van der Waals surface area contributed by atoms with Gasteiger partial charge in [-0.05, 0) is 43.3 Å². The fourth-order valence-electron chi connectivity index (χ4n) is 3.62. The first-order valence-electron chi connectivity index (χ1n) is 10.1. The van der Waals surface area contributed by atoms with Crippen molar-refractivity contribution in [2.24, 2.45) is 0 Å². The minimum Gasteiger partial charge on any atom is -0.488 e. The molecule has 5 rings (SSSR count). The van der Waals surface area contributed by atoms with E-state index in [-0.39, 0.29) is 5.43 Å². The summed E-state index contributed by atoms with van der Waals surface area (Å²) in [5.74, 6) is 0.640. The van der Waals surface area contributed by atoms with E-state index in [0.717, 1.165) is 16.8 Å². The van der Waals surface area contributed by atoms with Crippen LogP contribution in [0.2, 0.25) is 5.02 Å². The van der Waals surface area contributed by atoms with Crippen molar-refractivity contribution in [3.8, 4) is 22.7 Å². The average Bonchev–Trinajstić information content (AvgIpc) is 3.31. The molecular weight excluding hydrogens is 424 g/mol. The number of fused-ring (bicyclic) bond motifs is 1. The molecule has 0 spiro atoms. The second-order valence-corrected chi connectivity index (χ2v) is 7.81. The maximum Gasteiger partial charge on any atom is 0.202 e. The van der Waals surface area contributed by atoms with Crippen LogP contribution >= 0.6 is 11.6 Å². The highest BCUT2D eigenvalue weighted by Gasteiger charge is 2.15. The Kier molecular flexibility index (Phi) is 5.25. The van der Waals surface area contributed by atoms with Gasteiger partial charge in [-0.1, -0.05) is 48.0 Å². The summed E-state index contributed by atoms with van der Waals surface area (Å²) in [6.07, 6.45) is 3.29. The summed E-state index contributed by atoms with van der Waals surface area (Å²) in [6, 6.07) is 22.6. The number of rotatable bonds is 5. The van der Waals surface area contributed by atoms with Gasteiger partial charge in [-0.15, -0.1) is 0 Å². The molecule has 158 valence electrons. The maximum absolute atomic E-state index is 13.2. The third-order valence-corrected chi connectivity index (χ3v) is 5.74. The molecule has 0 atom stereocenters. The van der Waals surface area contributed by atoms with Crippen LogP contribution in [0.5, 0.6) is 5.75 Å². The summed E-state index contributed by atoms with van der Waals surface area (Å²) in [5, 5.41) is 5.68. The van der Waals surface area contributed by atoms with E-state index in [1.807, 2.05) is 67.7 Å². The molecule has 0 saturated carbocycles. The van der Waals surface area contributed by atoms with Crippen LogP contribution in [0.25, 0.3) is 27.9 Å². The van der Waals surface area contributed by atoms with Crippen molar-refractivity contribution in [3.63, 3.8) is 0 Å². The number of halogens is 1. The smallest absolute Gasteiger partial charge is 0.202 e. The summed E-state index contributed by atoms with van der Waals surface area (Å²) in [6.45, 7) is 2.20. The number of aryl methyl sites for hydroxylation is 1. The van der Waals surface area contributed by atoms with Gasteiger partial charge in [0.05, 0.1) is 22.3 Å². The zero-order valence-corrected chi connectivity index (χ0v) is 18.0. The highest BCUT2D eigenvalue weighted by atomic mass is 35.5. The van der Waals surface area contributed by atoms with Gasteiger partial charge in [0, 0.05) is 22.3 Å². The van der Waals surface area contributed by atoms with E-state index in [4.69, 9.17) is 20.8 Å². The van der Waals surface area contributed by atoms with Gasteiger partial charge in [-0.2, -0.15) is 5.10 Å². The number of ether oxygens (including phenoxy) is 1. The molecule has 2 heterocycles. The minimum absolute atomic E-state index is 0.134. The first kappa shape index (κ1) is 20.1. The van der Waals surface area contributed by atoms with Crippen molar-refractivity contribution in [2.75, 3.05) is 0 Å². The number of benzene rings is 3. The summed E-state index contributed by atoms with van der Waals surface area (Å²) in [7, 11) is 0. The monoisotopic (exact) mass is 442 g/mol. The van der Waals surface area contributed by atoms with Crippen LogP contribution < -0.4 is 10.2 Å². The van der Waals surface area contributed by atoms with E-state index in [9.17, 15) is 4.79 Å². The third kappa shape index (κ3) is 3.67. The first-order chi connectivity index (χ1) is 15.6. The van der Waals surface area contributed by atoms with E-state index in [0.29, 0.717) is 39.6 Å². The lowest BCUT2D eigenvalue weighted by Crippen LogP contribution is -2.07. The fraction of sp³-hybridized carbons (Fsp3) is 0.0769. The summed E-state index contributed by atoms with van der Waals surface area (Å²) in [4.78, 5) is 13.2. The number of hydrogen-bond acceptors (Lipinski definition) is 4. The number of aromatic nitrogens is 2. The molecule has 0 N–H and O–H groups in total. The van der Waals surface area contributed by atoms with Crippen LogP contribution in [0, 0.1) is 6.92 Å². The molecular formula is C26H19ClN2O3. The van der Waals surface area contributed by atoms with Crippen molar-refractivity contribution >= 4 is 22.6 Å². The Hall–Kier alpha value is -3.83. The predicted octanol–water partition coefficient (Wildman–Crippen LogP) is 6.19. The van der Waals surface area contributed by atoms with Gasteiger partial charge in [0.25, 0.3) is 0 Å². The normalized spacial score (nSPS) is 11.1. The first-order valence-corrected chi connectivity index (χ1v) is 10.5. The molecule has 0 fully saturated rings. The molecule has 32 heavy (non-hydrogen) atoms. The van der Waals surface area contributed by atoms with Crippen LogP contribution in [-0.2, 0) is 6.61 Å². The molecule has 5 aromatic rings. The second kappa shape index (κ2) is 8.36. The quantitative estimate of drug-likeness (QED) is 0.326. The minimum atomic E-state index is -0.134. The standard InChI is InChI=1S/C26H19ClN2O3/c1-17-24(31-15-18-7-5-6-10-22(18)27)12-11-20-25(30)21(16-32-26(17)20)23-13-14-29(28-23)19-8-3-2-4-9-19/h2-14,16H,15H2,1H3. The molecule has 0 aliphatic carbocycles. The molecule has 0 aliphatic rings. The van der Waals surface area contributed by atoms with Gasteiger partial charge < -0.3 is 9.15 Å². The summed E-state index contributed by atoms with van der Waals surface area (Å²) < 4.78 is 13.6. The van der Waals surface area contributed by atoms with Crippen molar-refractivity contribution in [1.29, 1.82) is 0 Å². The molecule has 0 aliphatic heterocycles. The van der Waals surface area contributed by atoms with Crippen LogP contribution in [0.4, 0.5) is 0 Å². The molecule has 3 aromatic carbocycles. The Morgan fingerprint density at radius 1 is 1.00 bits per heavy atom. The van der Waals surface area contributed by atoms with Crippen LogP contribution in [0.3, 0.4) is 0 Å². The zero-order valence-electron chi connectivity index (χ0n) is 17.3.